The maximum atomic E-state index is 13.7. The summed E-state index contributed by atoms with van der Waals surface area (Å²) in [6.45, 7) is 0.199. The molecular weight excluding hydrogens is 440 g/mol. The third kappa shape index (κ3) is 4.95. The molecule has 8 nitrogen and oxygen atoms in total. The number of urea groups is 1. The number of halogens is 2. The predicted molar refractivity (Wildman–Crippen MR) is 116 cm³/mol. The van der Waals surface area contributed by atoms with Crippen LogP contribution in [0.3, 0.4) is 0 Å². The second kappa shape index (κ2) is 8.94. The molecule has 2 aromatic heterocycles. The molecule has 2 heterocycles. The van der Waals surface area contributed by atoms with Gasteiger partial charge in [-0.25, -0.2) is 18.6 Å². The number of pyridine rings is 1. The molecule has 0 unspecified atom stereocenters. The Morgan fingerprint density at radius 3 is 2.59 bits per heavy atom. The standard InChI is InChI=1S/C21H15F2N5O3S/c22-12-8-15(23)18-17(9-12)32-21(27-18)28-20(30)26-13-1-3-14(4-2-13)31-10-11-5-6-25-16(7-11)19(24)29/h1-9H,10H2,(H2,24,29)(H2,26,27,28,30). The number of carbonyl (C=O) groups excluding carboxylic acids is 2. The van der Waals surface area contributed by atoms with Crippen LogP contribution in [0.2, 0.25) is 0 Å². The van der Waals surface area contributed by atoms with E-state index in [0.29, 0.717) is 11.4 Å². The lowest BCUT2D eigenvalue weighted by Crippen LogP contribution is -2.19. The zero-order valence-corrected chi connectivity index (χ0v) is 17.1. The minimum absolute atomic E-state index is 0.00894. The summed E-state index contributed by atoms with van der Waals surface area (Å²) in [5, 5.41) is 5.24. The summed E-state index contributed by atoms with van der Waals surface area (Å²) in [5.41, 5.74) is 6.56. The van der Waals surface area contributed by atoms with Crippen molar-refractivity contribution in [3.63, 3.8) is 0 Å². The number of carbonyl (C=O) groups is 2. The van der Waals surface area contributed by atoms with Crippen LogP contribution in [0.25, 0.3) is 10.2 Å². The summed E-state index contributed by atoms with van der Waals surface area (Å²) in [4.78, 5) is 31.2. The van der Waals surface area contributed by atoms with E-state index < -0.39 is 23.6 Å². The van der Waals surface area contributed by atoms with Gasteiger partial charge in [-0.05, 0) is 48.0 Å². The highest BCUT2D eigenvalue weighted by atomic mass is 32.1. The Hall–Kier alpha value is -4.12. The van der Waals surface area contributed by atoms with Crippen molar-refractivity contribution in [1.82, 2.24) is 9.97 Å². The predicted octanol–water partition coefficient (Wildman–Crippen LogP) is 4.29. The van der Waals surface area contributed by atoms with E-state index in [1.807, 2.05) is 0 Å². The van der Waals surface area contributed by atoms with Crippen molar-refractivity contribution < 1.29 is 23.1 Å². The molecule has 0 spiro atoms. The molecule has 0 radical (unpaired) electrons. The second-order valence-corrected chi connectivity index (χ2v) is 7.59. The molecule has 0 aliphatic heterocycles. The molecule has 0 saturated heterocycles. The first kappa shape index (κ1) is 21.1. The quantitative estimate of drug-likeness (QED) is 0.401. The maximum absolute atomic E-state index is 13.7. The number of nitrogens with two attached hydrogens (primary N) is 1. The summed E-state index contributed by atoms with van der Waals surface area (Å²) in [5.74, 6) is -1.59. The van der Waals surface area contributed by atoms with Crippen LogP contribution < -0.4 is 21.1 Å². The number of anilines is 2. The number of nitrogens with zero attached hydrogens (tertiary/aromatic N) is 2. The van der Waals surface area contributed by atoms with E-state index in [1.165, 1.54) is 6.20 Å². The fraction of sp³-hybridized carbons (Fsp3) is 0.0476. The molecule has 4 N–H and O–H groups in total. The monoisotopic (exact) mass is 455 g/mol. The van der Waals surface area contributed by atoms with Gasteiger partial charge in [-0.15, -0.1) is 0 Å². The highest BCUT2D eigenvalue weighted by molar-refractivity contribution is 7.22. The number of ether oxygens (including phenoxy) is 1. The number of primary amides is 1. The van der Waals surface area contributed by atoms with Crippen LogP contribution in [0, 0.1) is 11.6 Å². The summed E-state index contributed by atoms with van der Waals surface area (Å²) in [7, 11) is 0. The highest BCUT2D eigenvalue weighted by Gasteiger charge is 2.13. The van der Waals surface area contributed by atoms with E-state index in [0.717, 1.165) is 29.0 Å². The van der Waals surface area contributed by atoms with Gasteiger partial charge >= 0.3 is 6.03 Å². The van der Waals surface area contributed by atoms with E-state index in [4.69, 9.17) is 10.5 Å². The van der Waals surface area contributed by atoms with E-state index in [1.54, 1.807) is 36.4 Å². The zero-order chi connectivity index (χ0) is 22.7. The van der Waals surface area contributed by atoms with Crippen molar-refractivity contribution in [2.24, 2.45) is 5.73 Å². The molecule has 0 aliphatic carbocycles. The van der Waals surface area contributed by atoms with Gasteiger partial charge in [-0.1, -0.05) is 11.3 Å². The number of fused-ring (bicyclic) bond motifs is 1. The Labute approximate surface area is 184 Å². The van der Waals surface area contributed by atoms with Gasteiger partial charge in [0.15, 0.2) is 10.9 Å². The van der Waals surface area contributed by atoms with Crippen molar-refractivity contribution in [1.29, 1.82) is 0 Å². The van der Waals surface area contributed by atoms with Gasteiger partial charge in [0, 0.05) is 18.0 Å². The molecule has 4 rings (SSSR count). The summed E-state index contributed by atoms with van der Waals surface area (Å²) in [6.07, 6.45) is 1.47. The van der Waals surface area contributed by atoms with Crippen LogP contribution >= 0.6 is 11.3 Å². The third-order valence-electron chi connectivity index (χ3n) is 4.23. The summed E-state index contributed by atoms with van der Waals surface area (Å²) >= 11 is 0.958. The van der Waals surface area contributed by atoms with E-state index >= 15 is 0 Å². The Balaban J connectivity index is 1.34. The van der Waals surface area contributed by atoms with Crippen molar-refractivity contribution in [3.8, 4) is 5.75 Å². The minimum Gasteiger partial charge on any atom is -0.489 e. The van der Waals surface area contributed by atoms with E-state index in [-0.39, 0.29) is 27.6 Å². The van der Waals surface area contributed by atoms with Crippen LogP contribution in [0.1, 0.15) is 16.1 Å². The maximum Gasteiger partial charge on any atom is 0.325 e. The van der Waals surface area contributed by atoms with Gasteiger partial charge in [-0.3, -0.25) is 15.1 Å². The molecule has 0 saturated carbocycles. The van der Waals surface area contributed by atoms with E-state index in [2.05, 4.69) is 20.6 Å². The van der Waals surface area contributed by atoms with Gasteiger partial charge in [0.2, 0.25) is 0 Å². The normalized spacial score (nSPS) is 10.7. The van der Waals surface area contributed by atoms with Gasteiger partial charge < -0.3 is 15.8 Å². The SMILES string of the molecule is NC(=O)c1cc(COc2ccc(NC(=O)Nc3nc4c(F)cc(F)cc4s3)cc2)ccn1. The number of hydrogen-bond acceptors (Lipinski definition) is 6. The lowest BCUT2D eigenvalue weighted by Gasteiger charge is -2.09. The number of benzene rings is 2. The molecule has 162 valence electrons. The first-order valence-corrected chi connectivity index (χ1v) is 10.0. The lowest BCUT2D eigenvalue weighted by molar-refractivity contribution is 0.0995. The first-order valence-electron chi connectivity index (χ1n) is 9.18. The topological polar surface area (TPSA) is 119 Å². The highest BCUT2D eigenvalue weighted by Crippen LogP contribution is 2.28. The van der Waals surface area contributed by atoms with Crippen LogP contribution in [0.5, 0.6) is 5.75 Å². The Morgan fingerprint density at radius 2 is 1.84 bits per heavy atom. The summed E-state index contributed by atoms with van der Waals surface area (Å²) < 4.78 is 33.0. The molecule has 0 bridgehead atoms. The van der Waals surface area contributed by atoms with Crippen LogP contribution in [-0.2, 0) is 6.61 Å². The van der Waals surface area contributed by atoms with Gasteiger partial charge in [0.1, 0.15) is 29.4 Å². The van der Waals surface area contributed by atoms with Crippen molar-refractivity contribution >= 4 is 44.3 Å². The molecule has 4 aromatic rings. The number of thiazole rings is 1. The van der Waals surface area contributed by atoms with Crippen LogP contribution in [0.15, 0.2) is 54.7 Å². The van der Waals surface area contributed by atoms with Gasteiger partial charge in [0.05, 0.1) is 4.70 Å². The first-order chi connectivity index (χ1) is 15.4. The lowest BCUT2D eigenvalue weighted by atomic mass is 10.2. The average molecular weight is 455 g/mol. The number of nitrogens with one attached hydrogen (secondary N) is 2. The van der Waals surface area contributed by atoms with Crippen molar-refractivity contribution in [2.45, 2.75) is 6.61 Å². The molecular formula is C21H15F2N5O3S. The van der Waals surface area contributed by atoms with Gasteiger partial charge in [-0.2, -0.15) is 0 Å². The number of amides is 3. The molecule has 32 heavy (non-hydrogen) atoms. The van der Waals surface area contributed by atoms with Crippen LogP contribution in [0.4, 0.5) is 24.4 Å². The Morgan fingerprint density at radius 1 is 1.06 bits per heavy atom. The second-order valence-electron chi connectivity index (χ2n) is 6.56. The number of aromatic nitrogens is 2. The Kier molecular flexibility index (Phi) is 5.90. The fourth-order valence-electron chi connectivity index (χ4n) is 2.77. The molecule has 0 aliphatic rings. The zero-order valence-electron chi connectivity index (χ0n) is 16.3. The summed E-state index contributed by atoms with van der Waals surface area (Å²) in [6, 6.07) is 11.1. The Bertz CT molecular complexity index is 1310. The smallest absolute Gasteiger partial charge is 0.325 e. The molecule has 0 atom stereocenters. The van der Waals surface area contributed by atoms with Crippen molar-refractivity contribution in [3.05, 3.63) is 77.6 Å². The molecule has 0 fully saturated rings. The number of hydrogen-bond donors (Lipinski definition) is 3. The van der Waals surface area contributed by atoms with E-state index in [9.17, 15) is 18.4 Å². The minimum atomic E-state index is -0.794. The number of rotatable bonds is 6. The van der Waals surface area contributed by atoms with Crippen LogP contribution in [-0.4, -0.2) is 21.9 Å². The third-order valence-corrected chi connectivity index (χ3v) is 5.15. The average Bonchev–Trinajstić information content (AvgIpc) is 3.16. The largest absolute Gasteiger partial charge is 0.489 e. The van der Waals surface area contributed by atoms with Crippen molar-refractivity contribution in [2.75, 3.05) is 10.6 Å². The molecule has 3 amide bonds. The molecule has 2 aromatic carbocycles. The molecule has 11 heteroatoms. The van der Waals surface area contributed by atoms with Gasteiger partial charge in [0.25, 0.3) is 5.91 Å². The fourth-order valence-corrected chi connectivity index (χ4v) is 3.67.